The fourth-order valence-electron chi connectivity index (χ4n) is 2.45. The van der Waals surface area contributed by atoms with Crippen molar-refractivity contribution < 1.29 is 0 Å². The van der Waals surface area contributed by atoms with E-state index in [-0.39, 0.29) is 16.3 Å². The molecule has 5 heteroatoms. The number of aromatic amines is 1. The predicted octanol–water partition coefficient (Wildman–Crippen LogP) is 1.79. The molecule has 1 aliphatic rings. The lowest BCUT2D eigenvalue weighted by Gasteiger charge is -2.25. The number of nitrogens with one attached hydrogen (secondary N) is 1. The van der Waals surface area contributed by atoms with Gasteiger partial charge in [0.1, 0.15) is 5.15 Å². The summed E-state index contributed by atoms with van der Waals surface area (Å²) in [6.07, 6.45) is 3.86. The normalized spacial score (nSPS) is 18.9. The van der Waals surface area contributed by atoms with Gasteiger partial charge in [-0.2, -0.15) is 0 Å². The smallest absolute Gasteiger partial charge is 0.297 e. The summed E-state index contributed by atoms with van der Waals surface area (Å²) in [5, 5.41) is 0.146. The van der Waals surface area contributed by atoms with E-state index in [2.05, 4.69) is 4.98 Å². The fraction of sp³-hybridized carbons (Fsp3) is 0.636. The number of nitrogens with zero attached hydrogens (tertiary/aromatic N) is 1. The van der Waals surface area contributed by atoms with Crippen LogP contribution in [0.4, 0.5) is 0 Å². The zero-order chi connectivity index (χ0) is 11.9. The van der Waals surface area contributed by atoms with Crippen LogP contribution in [0.15, 0.2) is 9.59 Å². The average molecular weight is 243 g/mol. The van der Waals surface area contributed by atoms with Crippen LogP contribution in [0.2, 0.25) is 5.15 Å². The summed E-state index contributed by atoms with van der Waals surface area (Å²) in [5.74, 6) is 0. The molecule has 16 heavy (non-hydrogen) atoms. The Bertz CT molecular complexity index is 524. The van der Waals surface area contributed by atoms with Crippen LogP contribution in [0.5, 0.6) is 0 Å². The molecular weight excluding hydrogens is 228 g/mol. The molecule has 0 aliphatic heterocycles. The highest BCUT2D eigenvalue weighted by Crippen LogP contribution is 2.34. The van der Waals surface area contributed by atoms with Gasteiger partial charge in [-0.3, -0.25) is 14.3 Å². The Morgan fingerprint density at radius 1 is 1.31 bits per heavy atom. The van der Waals surface area contributed by atoms with E-state index < -0.39 is 5.69 Å². The number of hydrogen-bond donors (Lipinski definition) is 1. The van der Waals surface area contributed by atoms with Gasteiger partial charge in [0.25, 0.3) is 5.56 Å². The summed E-state index contributed by atoms with van der Waals surface area (Å²) < 4.78 is 1.33. The van der Waals surface area contributed by atoms with E-state index in [1.165, 1.54) is 4.57 Å². The zero-order valence-corrected chi connectivity index (χ0v) is 10.2. The third kappa shape index (κ3) is 1.61. The first-order valence-corrected chi connectivity index (χ1v) is 5.85. The summed E-state index contributed by atoms with van der Waals surface area (Å²) in [4.78, 5) is 26.4. The van der Waals surface area contributed by atoms with Crippen LogP contribution in [-0.4, -0.2) is 9.55 Å². The first-order valence-electron chi connectivity index (χ1n) is 5.48. The molecule has 2 rings (SSSR count). The molecular formula is C11H15ClN2O2. The van der Waals surface area contributed by atoms with E-state index in [1.54, 1.807) is 6.92 Å². The van der Waals surface area contributed by atoms with Crippen molar-refractivity contribution in [2.24, 2.45) is 0 Å². The van der Waals surface area contributed by atoms with Crippen LogP contribution in [0.25, 0.3) is 0 Å². The second-order valence-corrected chi connectivity index (χ2v) is 5.09. The van der Waals surface area contributed by atoms with Gasteiger partial charge in [0.15, 0.2) is 0 Å². The van der Waals surface area contributed by atoms with Gasteiger partial charge in [-0.15, -0.1) is 0 Å². The van der Waals surface area contributed by atoms with Gasteiger partial charge in [-0.25, -0.2) is 4.79 Å². The largest absolute Gasteiger partial charge is 0.330 e. The van der Waals surface area contributed by atoms with Crippen LogP contribution in [0.1, 0.15) is 38.2 Å². The van der Waals surface area contributed by atoms with Gasteiger partial charge in [0, 0.05) is 11.1 Å². The molecule has 0 atom stereocenters. The molecule has 1 aromatic heterocycles. The Morgan fingerprint density at radius 2 is 1.88 bits per heavy atom. The van der Waals surface area contributed by atoms with E-state index in [0.29, 0.717) is 5.56 Å². The molecule has 4 nitrogen and oxygen atoms in total. The van der Waals surface area contributed by atoms with Crippen molar-refractivity contribution in [3.63, 3.8) is 0 Å². The highest BCUT2D eigenvalue weighted by molar-refractivity contribution is 6.30. The Kier molecular flexibility index (Phi) is 2.70. The SMILES string of the molecule is Cc1c(Cl)[nH]c(=O)n(C2(C)CCCC2)c1=O. The second kappa shape index (κ2) is 3.77. The van der Waals surface area contributed by atoms with E-state index >= 15 is 0 Å². The molecule has 1 aromatic rings. The van der Waals surface area contributed by atoms with Crippen molar-refractivity contribution in [2.75, 3.05) is 0 Å². The van der Waals surface area contributed by atoms with Crippen LogP contribution in [0, 0.1) is 6.92 Å². The minimum Gasteiger partial charge on any atom is -0.297 e. The van der Waals surface area contributed by atoms with E-state index in [0.717, 1.165) is 25.7 Å². The van der Waals surface area contributed by atoms with Crippen LogP contribution in [0.3, 0.4) is 0 Å². The predicted molar refractivity (Wildman–Crippen MR) is 63.2 cm³/mol. The molecule has 88 valence electrons. The molecule has 1 N–H and O–H groups in total. The molecule has 0 bridgehead atoms. The number of aromatic nitrogens is 2. The van der Waals surface area contributed by atoms with Crippen molar-refractivity contribution in [1.82, 2.24) is 9.55 Å². The van der Waals surface area contributed by atoms with Gasteiger partial charge in [0.2, 0.25) is 0 Å². The number of H-pyrrole nitrogens is 1. The first-order chi connectivity index (χ1) is 7.46. The van der Waals surface area contributed by atoms with Crippen LogP contribution in [-0.2, 0) is 5.54 Å². The van der Waals surface area contributed by atoms with Gasteiger partial charge in [-0.1, -0.05) is 24.4 Å². The second-order valence-electron chi connectivity index (χ2n) is 4.71. The van der Waals surface area contributed by atoms with Gasteiger partial charge >= 0.3 is 5.69 Å². The Balaban J connectivity index is 2.70. The fourth-order valence-corrected chi connectivity index (χ4v) is 2.61. The monoisotopic (exact) mass is 242 g/mol. The number of rotatable bonds is 1. The molecule has 0 saturated heterocycles. The van der Waals surface area contributed by atoms with E-state index in [1.807, 2.05) is 6.92 Å². The maximum atomic E-state index is 12.1. The van der Waals surface area contributed by atoms with Crippen LogP contribution >= 0.6 is 11.6 Å². The summed E-state index contributed by atoms with van der Waals surface area (Å²) in [6.45, 7) is 3.60. The Hall–Kier alpha value is -1.03. The number of halogens is 1. The summed E-state index contributed by atoms with van der Waals surface area (Å²) in [6, 6.07) is 0. The minimum absolute atomic E-state index is 0.146. The van der Waals surface area contributed by atoms with Gasteiger partial charge in [0.05, 0.1) is 0 Å². The van der Waals surface area contributed by atoms with Gasteiger partial charge in [-0.05, 0) is 26.7 Å². The highest BCUT2D eigenvalue weighted by Gasteiger charge is 2.33. The van der Waals surface area contributed by atoms with Crippen molar-refractivity contribution in [2.45, 2.75) is 45.1 Å². The van der Waals surface area contributed by atoms with Crippen molar-refractivity contribution in [1.29, 1.82) is 0 Å². The average Bonchev–Trinajstić information content (AvgIpc) is 2.62. The topological polar surface area (TPSA) is 54.9 Å². The zero-order valence-electron chi connectivity index (χ0n) is 9.47. The molecule has 0 radical (unpaired) electrons. The third-order valence-corrected chi connectivity index (χ3v) is 3.87. The molecule has 0 amide bonds. The quantitative estimate of drug-likeness (QED) is 0.764. The van der Waals surface area contributed by atoms with Crippen LogP contribution < -0.4 is 11.2 Å². The van der Waals surface area contributed by atoms with E-state index in [4.69, 9.17) is 11.6 Å². The summed E-state index contributed by atoms with van der Waals surface area (Å²) in [7, 11) is 0. The molecule has 0 spiro atoms. The molecule has 0 unspecified atom stereocenters. The maximum absolute atomic E-state index is 12.1. The lowest BCUT2D eigenvalue weighted by molar-refractivity contribution is 0.304. The van der Waals surface area contributed by atoms with E-state index in [9.17, 15) is 9.59 Å². The van der Waals surface area contributed by atoms with Gasteiger partial charge < -0.3 is 0 Å². The lowest BCUT2D eigenvalue weighted by Crippen LogP contribution is -2.47. The standard InChI is InChI=1S/C11H15ClN2O2/c1-7-8(12)13-10(16)14(9(7)15)11(2)5-3-4-6-11/h3-6H2,1-2H3,(H,13,16). The minimum atomic E-state index is -0.398. The van der Waals surface area contributed by atoms with Crippen molar-refractivity contribution >= 4 is 11.6 Å². The molecule has 1 aliphatic carbocycles. The van der Waals surface area contributed by atoms with Crippen molar-refractivity contribution in [3.8, 4) is 0 Å². The Morgan fingerprint density at radius 3 is 2.44 bits per heavy atom. The van der Waals surface area contributed by atoms with Crippen molar-refractivity contribution in [3.05, 3.63) is 31.6 Å². The maximum Gasteiger partial charge on any atom is 0.330 e. The Labute approximate surface area is 98.3 Å². The highest BCUT2D eigenvalue weighted by atomic mass is 35.5. The molecule has 0 aromatic carbocycles. The summed E-state index contributed by atoms with van der Waals surface area (Å²) >= 11 is 5.77. The molecule has 1 heterocycles. The molecule has 1 saturated carbocycles. The molecule has 1 fully saturated rings. The number of hydrogen-bond acceptors (Lipinski definition) is 2. The first kappa shape index (κ1) is 11.5. The summed E-state index contributed by atoms with van der Waals surface area (Å²) in [5.41, 5.74) is -0.599. The third-order valence-electron chi connectivity index (χ3n) is 3.49. The lowest BCUT2D eigenvalue weighted by atomic mass is 10.0.